The van der Waals surface area contributed by atoms with Crippen LogP contribution in [-0.4, -0.2) is 18.1 Å². The van der Waals surface area contributed by atoms with Gasteiger partial charge in [-0.15, -0.1) is 0 Å². The Bertz CT molecular complexity index is 295. The standard InChI is InChI=1S/C9H11ClN2/c1-7-3-4-8(9(10)11-7)12-5-2-6-12/h3-4H,2,5-6H2,1H3. The van der Waals surface area contributed by atoms with Crippen LogP contribution in [0.1, 0.15) is 12.1 Å². The molecule has 1 fully saturated rings. The molecule has 64 valence electrons. The van der Waals surface area contributed by atoms with Gasteiger partial charge in [0.25, 0.3) is 0 Å². The van der Waals surface area contributed by atoms with Crippen molar-refractivity contribution in [3.05, 3.63) is 23.0 Å². The molecular formula is C9H11ClN2. The summed E-state index contributed by atoms with van der Waals surface area (Å²) < 4.78 is 0. The van der Waals surface area contributed by atoms with E-state index in [1.807, 2.05) is 19.1 Å². The number of halogens is 1. The molecule has 2 heterocycles. The van der Waals surface area contributed by atoms with Crippen molar-refractivity contribution in [2.75, 3.05) is 18.0 Å². The second-order valence-corrected chi connectivity index (χ2v) is 3.46. The minimum Gasteiger partial charge on any atom is -0.369 e. The molecule has 0 N–H and O–H groups in total. The van der Waals surface area contributed by atoms with Crippen LogP contribution in [0, 0.1) is 6.92 Å². The van der Waals surface area contributed by atoms with Crippen LogP contribution in [0.5, 0.6) is 0 Å². The second kappa shape index (κ2) is 2.94. The average molecular weight is 183 g/mol. The first-order valence-corrected chi connectivity index (χ1v) is 4.53. The van der Waals surface area contributed by atoms with Crippen LogP contribution in [0.3, 0.4) is 0 Å². The van der Waals surface area contributed by atoms with E-state index >= 15 is 0 Å². The zero-order valence-electron chi connectivity index (χ0n) is 7.05. The van der Waals surface area contributed by atoms with Crippen molar-refractivity contribution in [2.24, 2.45) is 0 Å². The molecule has 0 unspecified atom stereocenters. The van der Waals surface area contributed by atoms with Gasteiger partial charge in [-0.05, 0) is 25.5 Å². The van der Waals surface area contributed by atoms with Gasteiger partial charge in [-0.2, -0.15) is 0 Å². The van der Waals surface area contributed by atoms with E-state index in [1.165, 1.54) is 6.42 Å². The number of anilines is 1. The van der Waals surface area contributed by atoms with Crippen molar-refractivity contribution >= 4 is 17.3 Å². The normalized spacial score (nSPS) is 16.0. The maximum atomic E-state index is 5.98. The molecule has 1 aliphatic rings. The predicted molar refractivity (Wildman–Crippen MR) is 50.8 cm³/mol. The summed E-state index contributed by atoms with van der Waals surface area (Å²) in [6.45, 7) is 4.18. The topological polar surface area (TPSA) is 16.1 Å². The fraction of sp³-hybridized carbons (Fsp3) is 0.444. The Balaban J connectivity index is 2.31. The van der Waals surface area contributed by atoms with Crippen molar-refractivity contribution in [1.29, 1.82) is 0 Å². The van der Waals surface area contributed by atoms with Crippen LogP contribution in [-0.2, 0) is 0 Å². The first-order chi connectivity index (χ1) is 5.77. The summed E-state index contributed by atoms with van der Waals surface area (Å²) in [6, 6.07) is 4.04. The monoisotopic (exact) mass is 182 g/mol. The summed E-state index contributed by atoms with van der Waals surface area (Å²) in [5.74, 6) is 0. The lowest BCUT2D eigenvalue weighted by Crippen LogP contribution is -2.37. The van der Waals surface area contributed by atoms with Gasteiger partial charge in [-0.3, -0.25) is 0 Å². The molecule has 0 saturated carbocycles. The first kappa shape index (κ1) is 7.87. The second-order valence-electron chi connectivity index (χ2n) is 3.10. The highest BCUT2D eigenvalue weighted by Crippen LogP contribution is 2.27. The van der Waals surface area contributed by atoms with Gasteiger partial charge in [0.1, 0.15) is 0 Å². The van der Waals surface area contributed by atoms with Crippen LogP contribution < -0.4 is 4.90 Å². The van der Waals surface area contributed by atoms with Crippen molar-refractivity contribution in [3.8, 4) is 0 Å². The molecule has 1 aromatic heterocycles. The molecule has 12 heavy (non-hydrogen) atoms. The zero-order chi connectivity index (χ0) is 8.55. The van der Waals surface area contributed by atoms with Crippen LogP contribution in [0.2, 0.25) is 5.15 Å². The summed E-state index contributed by atoms with van der Waals surface area (Å²) in [7, 11) is 0. The predicted octanol–water partition coefficient (Wildman–Crippen LogP) is 2.25. The van der Waals surface area contributed by atoms with E-state index in [-0.39, 0.29) is 0 Å². The van der Waals surface area contributed by atoms with Gasteiger partial charge in [-0.1, -0.05) is 11.6 Å². The molecule has 0 aliphatic carbocycles. The molecule has 0 radical (unpaired) electrons. The smallest absolute Gasteiger partial charge is 0.152 e. The van der Waals surface area contributed by atoms with E-state index in [0.717, 1.165) is 24.5 Å². The zero-order valence-corrected chi connectivity index (χ0v) is 7.80. The molecular weight excluding hydrogens is 172 g/mol. The Morgan fingerprint density at radius 3 is 2.67 bits per heavy atom. The maximum absolute atomic E-state index is 5.98. The molecule has 2 nitrogen and oxygen atoms in total. The number of aromatic nitrogens is 1. The van der Waals surface area contributed by atoms with Crippen molar-refractivity contribution in [1.82, 2.24) is 4.98 Å². The minimum atomic E-state index is 0.634. The highest BCUT2D eigenvalue weighted by atomic mass is 35.5. The van der Waals surface area contributed by atoms with Gasteiger partial charge in [0, 0.05) is 18.8 Å². The molecule has 0 spiro atoms. The summed E-state index contributed by atoms with van der Waals surface area (Å²) in [6.07, 6.45) is 1.27. The van der Waals surface area contributed by atoms with Gasteiger partial charge in [0.2, 0.25) is 0 Å². The van der Waals surface area contributed by atoms with E-state index in [0.29, 0.717) is 5.15 Å². The molecule has 1 aliphatic heterocycles. The van der Waals surface area contributed by atoms with Crippen molar-refractivity contribution in [2.45, 2.75) is 13.3 Å². The molecule has 2 rings (SSSR count). The Labute approximate surface area is 77.2 Å². The lowest BCUT2D eigenvalue weighted by molar-refractivity contribution is 0.616. The summed E-state index contributed by atoms with van der Waals surface area (Å²) >= 11 is 5.98. The third kappa shape index (κ3) is 1.27. The number of pyridine rings is 1. The van der Waals surface area contributed by atoms with Crippen LogP contribution >= 0.6 is 11.6 Å². The maximum Gasteiger partial charge on any atom is 0.152 e. The van der Waals surface area contributed by atoms with Gasteiger partial charge in [-0.25, -0.2) is 4.98 Å². The number of nitrogens with zero attached hydrogens (tertiary/aromatic N) is 2. The van der Waals surface area contributed by atoms with Gasteiger partial charge < -0.3 is 4.90 Å². The van der Waals surface area contributed by atoms with Crippen molar-refractivity contribution in [3.63, 3.8) is 0 Å². The van der Waals surface area contributed by atoms with Crippen molar-refractivity contribution < 1.29 is 0 Å². The fourth-order valence-corrected chi connectivity index (χ4v) is 1.63. The summed E-state index contributed by atoms with van der Waals surface area (Å²) in [4.78, 5) is 6.45. The number of aryl methyl sites for hydroxylation is 1. The minimum absolute atomic E-state index is 0.634. The molecule has 1 saturated heterocycles. The lowest BCUT2D eigenvalue weighted by Gasteiger charge is -2.33. The van der Waals surface area contributed by atoms with E-state index in [2.05, 4.69) is 9.88 Å². The average Bonchev–Trinajstić information content (AvgIpc) is 1.91. The Kier molecular flexibility index (Phi) is 1.93. The van der Waals surface area contributed by atoms with E-state index in [4.69, 9.17) is 11.6 Å². The van der Waals surface area contributed by atoms with Crippen LogP contribution in [0.4, 0.5) is 5.69 Å². The Morgan fingerprint density at radius 2 is 2.17 bits per heavy atom. The third-order valence-electron chi connectivity index (χ3n) is 2.17. The number of hydrogen-bond acceptors (Lipinski definition) is 2. The SMILES string of the molecule is Cc1ccc(N2CCC2)c(Cl)n1. The quantitative estimate of drug-likeness (QED) is 0.620. The molecule has 3 heteroatoms. The highest BCUT2D eigenvalue weighted by Gasteiger charge is 2.17. The first-order valence-electron chi connectivity index (χ1n) is 4.15. The highest BCUT2D eigenvalue weighted by molar-refractivity contribution is 6.32. The van der Waals surface area contributed by atoms with E-state index in [9.17, 15) is 0 Å². The van der Waals surface area contributed by atoms with Crippen LogP contribution in [0.25, 0.3) is 0 Å². The number of hydrogen-bond donors (Lipinski definition) is 0. The lowest BCUT2D eigenvalue weighted by atomic mass is 10.2. The van der Waals surface area contributed by atoms with Gasteiger partial charge in [0.15, 0.2) is 5.15 Å². The van der Waals surface area contributed by atoms with Gasteiger partial charge >= 0.3 is 0 Å². The summed E-state index contributed by atoms with van der Waals surface area (Å²) in [5, 5.41) is 0.634. The summed E-state index contributed by atoms with van der Waals surface area (Å²) in [5.41, 5.74) is 2.05. The molecule has 0 aromatic carbocycles. The largest absolute Gasteiger partial charge is 0.369 e. The van der Waals surface area contributed by atoms with Gasteiger partial charge in [0.05, 0.1) is 5.69 Å². The number of rotatable bonds is 1. The third-order valence-corrected chi connectivity index (χ3v) is 2.44. The van der Waals surface area contributed by atoms with Crippen LogP contribution in [0.15, 0.2) is 12.1 Å². The van der Waals surface area contributed by atoms with E-state index < -0.39 is 0 Å². The molecule has 0 amide bonds. The fourth-order valence-electron chi connectivity index (χ4n) is 1.31. The Hall–Kier alpha value is -0.760. The molecule has 0 bridgehead atoms. The van der Waals surface area contributed by atoms with E-state index in [1.54, 1.807) is 0 Å². The molecule has 0 atom stereocenters. The Morgan fingerprint density at radius 1 is 1.42 bits per heavy atom. The molecule has 1 aromatic rings.